The molecule has 0 saturated carbocycles. The van der Waals surface area contributed by atoms with Crippen LogP contribution in [0.1, 0.15) is 34.8 Å². The van der Waals surface area contributed by atoms with Gasteiger partial charge in [0.05, 0.1) is 11.3 Å². The summed E-state index contributed by atoms with van der Waals surface area (Å²) in [6.07, 6.45) is 10.5. The molecule has 1 saturated heterocycles. The van der Waals surface area contributed by atoms with Crippen LogP contribution >= 0.6 is 0 Å². The zero-order valence-corrected chi connectivity index (χ0v) is 17.3. The molecule has 30 heavy (non-hydrogen) atoms. The van der Waals surface area contributed by atoms with E-state index in [4.69, 9.17) is 0 Å². The van der Waals surface area contributed by atoms with Crippen molar-refractivity contribution in [2.24, 2.45) is 0 Å². The molecule has 0 aliphatic carbocycles. The first kappa shape index (κ1) is 20.1. The summed E-state index contributed by atoms with van der Waals surface area (Å²) in [5, 5.41) is 0. The normalized spacial score (nSPS) is 17.0. The number of carbonyl (C=O) groups is 1. The van der Waals surface area contributed by atoms with E-state index in [-0.39, 0.29) is 16.7 Å². The smallest absolute Gasteiger partial charge is 0.255 e. The molecule has 1 fully saturated rings. The standard InChI is InChI=1S/C21H21N5O3S/c1-30(28,29)18-13-24-20(15-6-9-22-10-7-15)25-19(18)17-5-3-11-26(14-17)21(27)16-4-2-8-23-12-16/h2,4,6-10,12-13,17H,3,5,11,14H2,1H3. The molecule has 0 radical (unpaired) electrons. The van der Waals surface area contributed by atoms with Crippen molar-refractivity contribution in [1.82, 2.24) is 24.8 Å². The van der Waals surface area contributed by atoms with Crippen molar-refractivity contribution in [3.63, 3.8) is 0 Å². The average Bonchev–Trinajstić information content (AvgIpc) is 2.79. The van der Waals surface area contributed by atoms with Crippen molar-refractivity contribution in [2.75, 3.05) is 19.3 Å². The number of piperidine rings is 1. The molecule has 0 bridgehead atoms. The van der Waals surface area contributed by atoms with Crippen LogP contribution in [-0.4, -0.2) is 58.5 Å². The molecule has 3 aromatic rings. The van der Waals surface area contributed by atoms with Crippen LogP contribution in [-0.2, 0) is 9.84 Å². The maximum absolute atomic E-state index is 12.9. The number of pyridine rings is 2. The van der Waals surface area contributed by atoms with Gasteiger partial charge in [-0.05, 0) is 37.1 Å². The monoisotopic (exact) mass is 423 g/mol. The Labute approximate surface area is 175 Å². The summed E-state index contributed by atoms with van der Waals surface area (Å²) in [6.45, 7) is 1.00. The molecule has 4 rings (SSSR count). The van der Waals surface area contributed by atoms with Crippen LogP contribution in [0.15, 0.2) is 60.1 Å². The van der Waals surface area contributed by atoms with Crippen LogP contribution in [0.5, 0.6) is 0 Å². The second kappa shape index (κ2) is 8.27. The molecule has 9 heteroatoms. The lowest BCUT2D eigenvalue weighted by molar-refractivity contribution is 0.0704. The zero-order valence-electron chi connectivity index (χ0n) is 16.5. The number of aromatic nitrogens is 4. The van der Waals surface area contributed by atoms with Gasteiger partial charge in [0.15, 0.2) is 15.7 Å². The number of likely N-dealkylation sites (tertiary alicyclic amines) is 1. The first-order valence-corrected chi connectivity index (χ1v) is 11.5. The fourth-order valence-electron chi connectivity index (χ4n) is 3.66. The second-order valence-corrected chi connectivity index (χ2v) is 9.27. The van der Waals surface area contributed by atoms with Crippen molar-refractivity contribution < 1.29 is 13.2 Å². The number of nitrogens with zero attached hydrogens (tertiary/aromatic N) is 5. The Bertz CT molecular complexity index is 1150. The van der Waals surface area contributed by atoms with Crippen LogP contribution in [0.3, 0.4) is 0 Å². The molecule has 0 spiro atoms. The van der Waals surface area contributed by atoms with Gasteiger partial charge < -0.3 is 4.90 Å². The maximum atomic E-state index is 12.9. The van der Waals surface area contributed by atoms with Gasteiger partial charge in [-0.1, -0.05) is 0 Å². The van der Waals surface area contributed by atoms with E-state index in [1.165, 1.54) is 6.20 Å². The highest BCUT2D eigenvalue weighted by molar-refractivity contribution is 7.90. The number of hydrogen-bond donors (Lipinski definition) is 0. The molecule has 0 N–H and O–H groups in total. The molecule has 4 heterocycles. The Kier molecular flexibility index (Phi) is 5.54. The van der Waals surface area contributed by atoms with E-state index in [9.17, 15) is 13.2 Å². The molecule has 1 aliphatic rings. The highest BCUT2D eigenvalue weighted by Crippen LogP contribution is 2.31. The van der Waals surface area contributed by atoms with Gasteiger partial charge in [0.25, 0.3) is 5.91 Å². The van der Waals surface area contributed by atoms with Gasteiger partial charge >= 0.3 is 0 Å². The summed E-state index contributed by atoms with van der Waals surface area (Å²) in [5.74, 6) is 0.125. The summed E-state index contributed by atoms with van der Waals surface area (Å²) < 4.78 is 24.8. The van der Waals surface area contributed by atoms with E-state index in [1.807, 2.05) is 0 Å². The summed E-state index contributed by atoms with van der Waals surface area (Å²) in [4.78, 5) is 31.6. The van der Waals surface area contributed by atoms with E-state index >= 15 is 0 Å². The molecule has 1 amide bonds. The molecule has 0 aromatic carbocycles. The second-order valence-electron chi connectivity index (χ2n) is 7.28. The van der Waals surface area contributed by atoms with Crippen LogP contribution < -0.4 is 0 Å². The fraction of sp³-hybridized carbons (Fsp3) is 0.286. The minimum atomic E-state index is -3.52. The minimum absolute atomic E-state index is 0.112. The first-order chi connectivity index (χ1) is 14.4. The van der Waals surface area contributed by atoms with Crippen LogP contribution in [0.2, 0.25) is 0 Å². The number of hydrogen-bond acceptors (Lipinski definition) is 7. The molecule has 1 aliphatic heterocycles. The molecule has 1 atom stereocenters. The quantitative estimate of drug-likeness (QED) is 0.634. The Hall–Kier alpha value is -3.20. The highest BCUT2D eigenvalue weighted by atomic mass is 32.2. The third-order valence-corrected chi connectivity index (χ3v) is 6.24. The van der Waals surface area contributed by atoms with E-state index < -0.39 is 9.84 Å². The van der Waals surface area contributed by atoms with E-state index in [1.54, 1.807) is 54.0 Å². The van der Waals surface area contributed by atoms with Gasteiger partial charge in [0, 0.05) is 61.8 Å². The summed E-state index contributed by atoms with van der Waals surface area (Å²) in [6, 6.07) is 7.01. The Balaban J connectivity index is 1.70. The van der Waals surface area contributed by atoms with E-state index in [0.717, 1.165) is 24.7 Å². The molecule has 3 aromatic heterocycles. The van der Waals surface area contributed by atoms with Crippen molar-refractivity contribution >= 4 is 15.7 Å². The topological polar surface area (TPSA) is 106 Å². The van der Waals surface area contributed by atoms with Gasteiger partial charge in [-0.2, -0.15) is 0 Å². The number of amides is 1. The first-order valence-electron chi connectivity index (χ1n) is 9.60. The summed E-state index contributed by atoms with van der Waals surface area (Å²) in [7, 11) is -3.52. The fourth-order valence-corrected chi connectivity index (χ4v) is 4.50. The Morgan fingerprint density at radius 2 is 1.90 bits per heavy atom. The maximum Gasteiger partial charge on any atom is 0.255 e. The lowest BCUT2D eigenvalue weighted by Gasteiger charge is -2.33. The van der Waals surface area contributed by atoms with Crippen molar-refractivity contribution in [3.8, 4) is 11.4 Å². The van der Waals surface area contributed by atoms with Crippen molar-refractivity contribution in [3.05, 3.63) is 66.5 Å². The van der Waals surface area contributed by atoms with Crippen molar-refractivity contribution in [2.45, 2.75) is 23.7 Å². The largest absolute Gasteiger partial charge is 0.338 e. The summed E-state index contributed by atoms with van der Waals surface area (Å²) in [5.41, 5.74) is 1.73. The minimum Gasteiger partial charge on any atom is -0.338 e. The number of rotatable bonds is 4. The van der Waals surface area contributed by atoms with Gasteiger partial charge in [-0.3, -0.25) is 14.8 Å². The van der Waals surface area contributed by atoms with Gasteiger partial charge in [0.1, 0.15) is 4.90 Å². The zero-order chi connectivity index (χ0) is 21.1. The highest BCUT2D eigenvalue weighted by Gasteiger charge is 2.30. The SMILES string of the molecule is CS(=O)(=O)c1cnc(-c2ccncc2)nc1C1CCCN(C(=O)c2cccnc2)C1. The number of sulfone groups is 1. The predicted molar refractivity (Wildman–Crippen MR) is 110 cm³/mol. The third-order valence-electron chi connectivity index (χ3n) is 5.12. The van der Waals surface area contributed by atoms with Crippen LogP contribution in [0.4, 0.5) is 0 Å². The van der Waals surface area contributed by atoms with Gasteiger partial charge in [0.2, 0.25) is 0 Å². The molecular weight excluding hydrogens is 402 g/mol. The Morgan fingerprint density at radius 1 is 1.10 bits per heavy atom. The van der Waals surface area contributed by atoms with Crippen molar-refractivity contribution in [1.29, 1.82) is 0 Å². The summed E-state index contributed by atoms with van der Waals surface area (Å²) >= 11 is 0. The van der Waals surface area contributed by atoms with Crippen LogP contribution in [0.25, 0.3) is 11.4 Å². The lowest BCUT2D eigenvalue weighted by Crippen LogP contribution is -2.39. The number of carbonyl (C=O) groups excluding carboxylic acids is 1. The predicted octanol–water partition coefficient (Wildman–Crippen LogP) is 2.36. The molecule has 8 nitrogen and oxygen atoms in total. The van der Waals surface area contributed by atoms with Crippen LogP contribution in [0, 0.1) is 0 Å². The average molecular weight is 423 g/mol. The molecule has 1 unspecified atom stereocenters. The van der Waals surface area contributed by atoms with E-state index in [0.29, 0.717) is 30.2 Å². The molecular formula is C21H21N5O3S. The lowest BCUT2D eigenvalue weighted by atomic mass is 9.94. The molecule has 154 valence electrons. The van der Waals surface area contributed by atoms with Gasteiger partial charge in [-0.15, -0.1) is 0 Å². The van der Waals surface area contributed by atoms with Gasteiger partial charge in [-0.25, -0.2) is 18.4 Å². The Morgan fingerprint density at radius 3 is 2.60 bits per heavy atom. The third kappa shape index (κ3) is 4.20. The van der Waals surface area contributed by atoms with E-state index in [2.05, 4.69) is 19.9 Å².